The van der Waals surface area contributed by atoms with Crippen LogP contribution in [0.3, 0.4) is 0 Å². The van der Waals surface area contributed by atoms with Gasteiger partial charge in [-0.05, 0) is 41.1 Å². The quantitative estimate of drug-likeness (QED) is 0.192. The average Bonchev–Trinajstić information content (AvgIpc) is 3.42. The number of furan rings is 1. The number of benzene rings is 3. The maximum atomic E-state index is 12.8. The van der Waals surface area contributed by atoms with Crippen LogP contribution in [0.25, 0.3) is 38.5 Å². The summed E-state index contributed by atoms with van der Waals surface area (Å²) in [5.41, 5.74) is 2.39. The van der Waals surface area contributed by atoms with Crippen molar-refractivity contribution in [3.05, 3.63) is 98.4 Å². The molecule has 0 fully saturated rings. The maximum Gasteiger partial charge on any atom is 0.197 e. The summed E-state index contributed by atoms with van der Waals surface area (Å²) in [7, 11) is 0. The third-order valence-electron chi connectivity index (χ3n) is 5.59. The van der Waals surface area contributed by atoms with Crippen LogP contribution in [0, 0.1) is 0 Å². The zero-order valence-electron chi connectivity index (χ0n) is 16.3. The van der Waals surface area contributed by atoms with Crippen LogP contribution in [0.1, 0.15) is 25.6 Å². The van der Waals surface area contributed by atoms with Gasteiger partial charge in [0, 0.05) is 27.6 Å². The van der Waals surface area contributed by atoms with Gasteiger partial charge < -0.3 is 4.42 Å². The number of fused-ring (bicyclic) bond motifs is 3. The first-order valence-electron chi connectivity index (χ1n) is 9.80. The molecule has 3 aromatic carbocycles. The fraction of sp³-hybridized carbons (Fsp3) is 0. The normalized spacial score (nSPS) is 13.4. The Hall–Kier alpha value is -3.18. The second-order valence-electron chi connectivity index (χ2n) is 7.58. The molecule has 5 aromatic rings. The molecule has 154 valence electrons. The van der Waals surface area contributed by atoms with Gasteiger partial charge in [-0.3, -0.25) is 9.59 Å². The van der Waals surface area contributed by atoms with Crippen molar-refractivity contribution in [2.24, 2.45) is 0 Å². The van der Waals surface area contributed by atoms with E-state index in [0.717, 1.165) is 26.3 Å². The number of carbonyl (C=O) groups is 2. The molecule has 0 bridgehead atoms. The average molecular weight is 475 g/mol. The molecular formula is C26H12Cl2O3S. The van der Waals surface area contributed by atoms with Gasteiger partial charge in [-0.2, -0.15) is 0 Å². The van der Waals surface area contributed by atoms with Gasteiger partial charge >= 0.3 is 0 Å². The van der Waals surface area contributed by atoms with Gasteiger partial charge in [0.25, 0.3) is 0 Å². The lowest BCUT2D eigenvalue weighted by Gasteiger charge is -2.00. The van der Waals surface area contributed by atoms with E-state index in [1.165, 1.54) is 28.9 Å². The predicted molar refractivity (Wildman–Crippen MR) is 130 cm³/mol. The summed E-state index contributed by atoms with van der Waals surface area (Å²) in [5, 5.41) is 2.83. The number of thiophene rings is 1. The minimum atomic E-state index is -0.342. The molecule has 2 heterocycles. The van der Waals surface area contributed by atoms with E-state index in [-0.39, 0.29) is 38.3 Å². The molecule has 0 radical (unpaired) electrons. The first kappa shape index (κ1) is 19.5. The van der Waals surface area contributed by atoms with Crippen molar-refractivity contribution in [2.45, 2.75) is 0 Å². The predicted octanol–water partition coefficient (Wildman–Crippen LogP) is 8.08. The van der Waals surface area contributed by atoms with E-state index < -0.39 is 0 Å². The van der Waals surface area contributed by atoms with Gasteiger partial charge in [0.2, 0.25) is 0 Å². The minimum absolute atomic E-state index is 0.108. The molecule has 0 aliphatic heterocycles. The molecule has 0 atom stereocenters. The van der Waals surface area contributed by atoms with Gasteiger partial charge in [-0.1, -0.05) is 59.6 Å². The van der Waals surface area contributed by atoms with Crippen molar-refractivity contribution in [3.8, 4) is 11.3 Å². The summed E-state index contributed by atoms with van der Waals surface area (Å²) in [4.78, 5) is 26.3. The minimum Gasteiger partial charge on any atom is -0.455 e. The molecule has 32 heavy (non-hydrogen) atoms. The summed E-state index contributed by atoms with van der Waals surface area (Å²) in [6.45, 7) is 0. The van der Waals surface area contributed by atoms with Crippen molar-refractivity contribution in [1.82, 2.24) is 0 Å². The molecule has 0 unspecified atom stereocenters. The first-order valence-corrected chi connectivity index (χ1v) is 11.4. The lowest BCUT2D eigenvalue weighted by molar-refractivity contribution is 0.0990. The van der Waals surface area contributed by atoms with Crippen LogP contribution in [0.2, 0.25) is 10.0 Å². The lowest BCUT2D eigenvalue weighted by atomic mass is 10.1. The number of allylic oxidation sites excluding steroid dienone is 1. The van der Waals surface area contributed by atoms with E-state index in [0.29, 0.717) is 5.58 Å². The monoisotopic (exact) mass is 474 g/mol. The third kappa shape index (κ3) is 3.03. The SMILES string of the molecule is O=C1C(=Cc2cc3oc(-c4ccc5ccccc5c4)cc3s2)C(=O)c2cc(Cl)c(Cl)cc21. The van der Waals surface area contributed by atoms with Crippen LogP contribution < -0.4 is 0 Å². The second-order valence-corrected chi connectivity index (χ2v) is 9.51. The maximum absolute atomic E-state index is 12.8. The number of halogens is 2. The van der Waals surface area contributed by atoms with Crippen LogP contribution in [0.15, 0.2) is 76.7 Å². The van der Waals surface area contributed by atoms with Crippen LogP contribution in [0.4, 0.5) is 0 Å². The molecule has 0 spiro atoms. The molecule has 6 heteroatoms. The van der Waals surface area contributed by atoms with Gasteiger partial charge in [-0.15, -0.1) is 11.3 Å². The Balaban J connectivity index is 1.36. The van der Waals surface area contributed by atoms with Crippen molar-refractivity contribution in [3.63, 3.8) is 0 Å². The fourth-order valence-electron chi connectivity index (χ4n) is 4.00. The summed E-state index contributed by atoms with van der Waals surface area (Å²) < 4.78 is 7.02. The topological polar surface area (TPSA) is 47.3 Å². The second kappa shape index (κ2) is 7.17. The van der Waals surface area contributed by atoms with Gasteiger partial charge in [0.1, 0.15) is 11.3 Å². The zero-order chi connectivity index (χ0) is 22.0. The Labute approximate surface area is 196 Å². The Kier molecular flexibility index (Phi) is 4.37. The third-order valence-corrected chi connectivity index (χ3v) is 7.32. The molecular weight excluding hydrogens is 463 g/mol. The van der Waals surface area contributed by atoms with E-state index in [1.807, 2.05) is 30.3 Å². The highest BCUT2D eigenvalue weighted by Crippen LogP contribution is 2.38. The Morgan fingerprint density at radius 1 is 0.781 bits per heavy atom. The van der Waals surface area contributed by atoms with Gasteiger partial charge in [0.05, 0.1) is 20.3 Å². The van der Waals surface area contributed by atoms with E-state index in [1.54, 1.807) is 6.08 Å². The molecule has 3 nitrogen and oxygen atoms in total. The highest BCUT2D eigenvalue weighted by atomic mass is 35.5. The molecule has 2 aromatic heterocycles. The number of ketones is 2. The number of carbonyl (C=O) groups excluding carboxylic acids is 2. The summed E-state index contributed by atoms with van der Waals surface area (Å²) in [6.07, 6.45) is 1.61. The van der Waals surface area contributed by atoms with E-state index >= 15 is 0 Å². The van der Waals surface area contributed by atoms with Crippen molar-refractivity contribution in [1.29, 1.82) is 0 Å². The van der Waals surface area contributed by atoms with Crippen molar-refractivity contribution in [2.75, 3.05) is 0 Å². The Bertz CT molecular complexity index is 1560. The van der Waals surface area contributed by atoms with Crippen LogP contribution in [-0.4, -0.2) is 11.6 Å². The van der Waals surface area contributed by atoms with E-state index in [9.17, 15) is 9.59 Å². The van der Waals surface area contributed by atoms with Crippen molar-refractivity contribution < 1.29 is 14.0 Å². The van der Waals surface area contributed by atoms with Gasteiger partial charge in [-0.25, -0.2) is 0 Å². The number of hydrogen-bond donors (Lipinski definition) is 0. The molecule has 0 saturated carbocycles. The first-order chi connectivity index (χ1) is 15.5. The van der Waals surface area contributed by atoms with E-state index in [4.69, 9.17) is 27.6 Å². The number of rotatable bonds is 2. The lowest BCUT2D eigenvalue weighted by Crippen LogP contribution is -1.99. The van der Waals surface area contributed by atoms with Crippen LogP contribution in [-0.2, 0) is 0 Å². The number of Topliss-reactive ketones (excluding diaryl/α,β-unsaturated/α-hetero) is 2. The molecule has 0 N–H and O–H groups in total. The summed E-state index contributed by atoms with van der Waals surface area (Å²) >= 11 is 13.5. The van der Waals surface area contributed by atoms with E-state index in [2.05, 4.69) is 24.3 Å². The molecule has 1 aliphatic carbocycles. The largest absolute Gasteiger partial charge is 0.455 e. The zero-order valence-corrected chi connectivity index (χ0v) is 18.6. The molecule has 1 aliphatic rings. The highest BCUT2D eigenvalue weighted by molar-refractivity contribution is 7.19. The summed E-state index contributed by atoms with van der Waals surface area (Å²) in [6, 6.07) is 21.1. The van der Waals surface area contributed by atoms with Crippen molar-refractivity contribution >= 4 is 73.2 Å². The highest BCUT2D eigenvalue weighted by Gasteiger charge is 2.34. The fourth-order valence-corrected chi connectivity index (χ4v) is 5.29. The molecule has 0 amide bonds. The van der Waals surface area contributed by atoms with Gasteiger partial charge in [0.15, 0.2) is 11.6 Å². The Morgan fingerprint density at radius 2 is 1.47 bits per heavy atom. The summed E-state index contributed by atoms with van der Waals surface area (Å²) in [5.74, 6) is 0.0943. The Morgan fingerprint density at radius 3 is 2.16 bits per heavy atom. The molecule has 6 rings (SSSR count). The van der Waals surface area contributed by atoms with Crippen LogP contribution >= 0.6 is 34.5 Å². The molecule has 0 saturated heterocycles. The smallest absolute Gasteiger partial charge is 0.197 e. The standard InChI is InChI=1S/C26H12Cl2O3S/c27-20-10-17-18(11-21(20)28)26(30)19(25(17)29)8-16-9-23-24(32-16)12-22(31-23)15-6-5-13-3-1-2-4-14(13)7-15/h1-12H. The van der Waals surface area contributed by atoms with Crippen LogP contribution in [0.5, 0.6) is 0 Å². The number of hydrogen-bond acceptors (Lipinski definition) is 4.